The van der Waals surface area contributed by atoms with Gasteiger partial charge in [-0.2, -0.15) is 0 Å². The number of carboxylic acid groups (broad SMARTS) is 1. The van der Waals surface area contributed by atoms with Gasteiger partial charge in [-0.15, -0.1) is 0 Å². The third kappa shape index (κ3) is 35.2. The van der Waals surface area contributed by atoms with E-state index in [0.717, 1.165) is 0 Å². The molecule has 0 unspecified atom stereocenters. The van der Waals surface area contributed by atoms with E-state index in [1.165, 1.54) is 17.8 Å². The molecule has 0 aliphatic heterocycles. The molecular weight excluding hydrogens is 1330 g/mol. The van der Waals surface area contributed by atoms with Gasteiger partial charge in [-0.05, 0) is 18.6 Å². The molecule has 0 aromatic heterocycles. The van der Waals surface area contributed by atoms with Crippen LogP contribution in [0.3, 0.4) is 0 Å². The Morgan fingerprint density at radius 3 is 1.00 bits per heavy atom. The van der Waals surface area contributed by atoms with Crippen LogP contribution in [0.2, 0.25) is 0 Å². The largest absolute Gasteiger partial charge is 0.481 e. The molecule has 300 valence electrons. The highest BCUT2D eigenvalue weighted by Gasteiger charge is 2.16. The summed E-state index contributed by atoms with van der Waals surface area (Å²) in [6, 6.07) is 15.7. The molecule has 0 spiro atoms. The number of carbonyl (C=O) groups excluding carboxylic acids is 1. The van der Waals surface area contributed by atoms with E-state index in [0.29, 0.717) is 16.7 Å². The van der Waals surface area contributed by atoms with Gasteiger partial charge in [0.2, 0.25) is 0 Å². The van der Waals surface area contributed by atoms with E-state index in [9.17, 15) is 9.59 Å². The standard InChI is InChI=1S/C16H14O3.S34/c1-11(16(18)19)13-8-5-9-14(10-13)15(17)12-6-3-2-4-7-12;1-3-5-7-9-11-13-15-17-19-21-23-25-27-29-31-33-34-32-30-28-26-24-22-20-18-16-14-12-10-8-6-4-2/h2-11H,1H3,(H,18,19);/t11-;/m0./s1. The van der Waals surface area contributed by atoms with Crippen LogP contribution in [-0.4, -0.2) is 16.9 Å². The second-order valence-corrected chi connectivity index (χ2v) is 63.2. The lowest BCUT2D eigenvalue weighted by molar-refractivity contribution is -0.138. The highest BCUT2D eigenvalue weighted by Crippen LogP contribution is 2.18. The molecule has 53 heavy (non-hydrogen) atoms. The zero-order valence-corrected chi connectivity index (χ0v) is 52.2. The van der Waals surface area contributed by atoms with E-state index in [1.54, 1.807) is 162 Å². The maximum Gasteiger partial charge on any atom is 0.310 e. The minimum atomic E-state index is -0.899. The molecule has 0 heterocycles. The molecule has 37 heteroatoms. The number of rotatable bonds is 4. The molecule has 2 aromatic carbocycles. The summed E-state index contributed by atoms with van der Waals surface area (Å²) in [6.07, 6.45) is 0. The Morgan fingerprint density at radius 2 is 0.717 bits per heavy atom. The van der Waals surface area contributed by atoms with Gasteiger partial charge in [-0.1, -0.05) is 48.5 Å². The molecule has 2 aromatic rings. The third-order valence-electron chi connectivity index (χ3n) is 3.92. The summed E-state index contributed by atoms with van der Waals surface area (Å²) in [5.41, 5.74) is 1.74. The first-order valence-electron chi connectivity index (χ1n) is 11.5. The number of hydrogen-bond donors (Lipinski definition) is 1. The van der Waals surface area contributed by atoms with E-state index in [2.05, 4.69) is 0 Å². The summed E-state index contributed by atoms with van der Waals surface area (Å²) in [5.74, 6) is -1.62. The van der Waals surface area contributed by atoms with Crippen molar-refractivity contribution in [3.05, 3.63) is 71.3 Å². The Hall–Kier alpha value is 5.06. The molecule has 0 saturated carbocycles. The molecule has 0 radical (unpaired) electrons. The van der Waals surface area contributed by atoms with Crippen molar-refractivity contribution in [2.24, 2.45) is 0 Å². The molecule has 0 bridgehead atoms. The Kier molecular flexibility index (Phi) is 46.2. The fraction of sp³-hybridized carbons (Fsp3) is 0.125. The Labute approximate surface area is 407 Å². The molecule has 1 N–H and O–H groups in total. The Morgan fingerprint density at radius 1 is 0.434 bits per heavy atom. The highest BCUT2D eigenvalue weighted by molar-refractivity contribution is 8.80. The van der Waals surface area contributed by atoms with Gasteiger partial charge >= 0.3 is 5.97 Å². The minimum absolute atomic E-state index is 0.0972. The van der Waals surface area contributed by atoms with Crippen LogP contribution in [0.15, 0.2) is 54.6 Å². The van der Waals surface area contributed by atoms with Crippen LogP contribution >= 0.6 is 0 Å². The molecule has 2 rings (SSSR count). The third-order valence-corrected chi connectivity index (χ3v) is 72.8. The molecule has 0 aliphatic rings. The van der Waals surface area contributed by atoms with Gasteiger partial charge in [0, 0.05) is 318 Å². The Bertz CT molecular complexity index is 2950. The molecule has 0 saturated heterocycles. The summed E-state index contributed by atoms with van der Waals surface area (Å²) >= 11 is 9.59. The van der Waals surface area contributed by atoms with E-state index < -0.39 is 11.9 Å². The van der Waals surface area contributed by atoms with Crippen molar-refractivity contribution in [3.63, 3.8) is 0 Å². The lowest BCUT2D eigenvalue weighted by atomic mass is 9.96. The van der Waals surface area contributed by atoms with Gasteiger partial charge in [0.15, 0.2) is 5.78 Å². The predicted octanol–water partition coefficient (Wildman–Crippen LogP) is 3.02. The summed E-state index contributed by atoms with van der Waals surface area (Å²) < 4.78 is 0. The van der Waals surface area contributed by atoms with Gasteiger partial charge < -0.3 is 5.11 Å². The zero-order valence-electron chi connectivity index (χ0n) is 24.4. The van der Waals surface area contributed by atoms with Crippen molar-refractivity contribution in [2.45, 2.75) is 12.8 Å². The SMILES string of the molecule is C[C@H](C(=O)O)c1cccc(C(=O)c2ccccc2)c1.S=S=S=S=S=S=S=S=S=S=S=S=S=S=S=S=S=S=S=S=S=S=S=S=S=S=S=S=S=S=S=S=S=S. The number of aliphatic carboxylic acids is 1. The quantitative estimate of drug-likeness (QED) is 0.479. The number of carboxylic acids is 1. The van der Waals surface area contributed by atoms with Crippen LogP contribution in [0.4, 0.5) is 0 Å². The van der Waals surface area contributed by atoms with Gasteiger partial charge in [0.25, 0.3) is 0 Å². The van der Waals surface area contributed by atoms with Crippen molar-refractivity contribution in [1.29, 1.82) is 0 Å². The van der Waals surface area contributed by atoms with Gasteiger partial charge in [-0.25, -0.2) is 0 Å². The van der Waals surface area contributed by atoms with Crippen LogP contribution in [0.5, 0.6) is 0 Å². The maximum atomic E-state index is 12.2. The smallest absolute Gasteiger partial charge is 0.310 e. The van der Waals surface area contributed by atoms with Crippen molar-refractivity contribution >= 4 is 318 Å². The van der Waals surface area contributed by atoms with Crippen LogP contribution in [0.25, 0.3) is 0 Å². The lowest BCUT2D eigenvalue weighted by Crippen LogP contribution is -2.09. The molecule has 1 atom stereocenters. The first-order chi connectivity index (χ1) is 26.0. The molecule has 0 amide bonds. The highest BCUT2D eigenvalue weighted by atomic mass is 33.5. The number of benzene rings is 2. The fourth-order valence-electron chi connectivity index (χ4n) is 2.19. The number of ketones is 1. The summed E-state index contributed by atoms with van der Waals surface area (Å²) in [4.78, 5) is 23.2. The summed E-state index contributed by atoms with van der Waals surface area (Å²) in [6.45, 7) is 1.61. The normalized spacial score (nSPS) is 9.15. The molecule has 0 aliphatic carbocycles. The van der Waals surface area contributed by atoms with E-state index in [4.69, 9.17) is 27.5 Å². The first kappa shape index (κ1) is 56.1. The van der Waals surface area contributed by atoms with Crippen LogP contribution in [-0.2, 0) is 311 Å². The van der Waals surface area contributed by atoms with Gasteiger partial charge in [0.05, 0.1) is 5.92 Å². The zero-order chi connectivity index (χ0) is 38.5. The Balaban J connectivity index is 0.000000616. The number of carbonyl (C=O) groups is 2. The average Bonchev–Trinajstić information content (AvgIpc) is 3.18. The molecule has 3 nitrogen and oxygen atoms in total. The fourth-order valence-corrected chi connectivity index (χ4v) is 84.5. The minimum Gasteiger partial charge on any atom is -0.481 e. The summed E-state index contributed by atoms with van der Waals surface area (Å²) in [7, 11) is 56.4. The lowest BCUT2D eigenvalue weighted by Gasteiger charge is -2.08. The van der Waals surface area contributed by atoms with E-state index in [1.807, 2.05) is 166 Å². The average molecular weight is 1340 g/mol. The monoisotopic (exact) mass is 1340 g/mol. The van der Waals surface area contributed by atoms with Crippen molar-refractivity contribution < 1.29 is 14.7 Å². The van der Waals surface area contributed by atoms with E-state index >= 15 is 0 Å². The van der Waals surface area contributed by atoms with Gasteiger partial charge in [0.1, 0.15) is 0 Å². The van der Waals surface area contributed by atoms with Crippen LogP contribution < -0.4 is 0 Å². The van der Waals surface area contributed by atoms with E-state index in [-0.39, 0.29) is 5.78 Å². The second-order valence-electron chi connectivity index (χ2n) is 6.56. The number of hydrogen-bond acceptors (Lipinski definition) is 4. The van der Waals surface area contributed by atoms with Gasteiger partial charge in [-0.3, -0.25) is 9.59 Å². The topological polar surface area (TPSA) is 54.4 Å². The molecular formula is C16H14O3S34. The predicted molar refractivity (Wildman–Crippen MR) is 323 cm³/mol. The maximum absolute atomic E-state index is 12.2. The van der Waals surface area contributed by atoms with Crippen molar-refractivity contribution in [1.82, 2.24) is 0 Å². The first-order valence-corrected chi connectivity index (χ1v) is 55.5. The van der Waals surface area contributed by atoms with Crippen molar-refractivity contribution in [3.8, 4) is 0 Å². The van der Waals surface area contributed by atoms with Crippen molar-refractivity contribution in [2.75, 3.05) is 0 Å². The molecule has 0 fully saturated rings. The summed E-state index contributed by atoms with van der Waals surface area (Å²) in [5, 5.41) is 9.00. The second kappa shape index (κ2) is 43.7. The van der Waals surface area contributed by atoms with Crippen LogP contribution in [0, 0.1) is 0 Å². The van der Waals surface area contributed by atoms with Crippen LogP contribution in [0.1, 0.15) is 34.3 Å².